The summed E-state index contributed by atoms with van der Waals surface area (Å²) in [5.41, 5.74) is 7.43. The number of nitrogens with two attached hydrogens (primary N) is 1. The highest BCUT2D eigenvalue weighted by Crippen LogP contribution is 2.18. The molecule has 0 aliphatic rings. The van der Waals surface area contributed by atoms with Crippen LogP contribution in [0.15, 0.2) is 36.4 Å². The molecule has 2 rings (SSSR count). The van der Waals surface area contributed by atoms with E-state index < -0.39 is 0 Å². The van der Waals surface area contributed by atoms with Crippen LogP contribution in [-0.4, -0.2) is 4.98 Å². The Kier molecular flexibility index (Phi) is 3.49. The third-order valence-electron chi connectivity index (χ3n) is 2.34. The zero-order valence-electron chi connectivity index (χ0n) is 9.48. The number of hydrogen-bond donors (Lipinski definition) is 1. The molecule has 1 heterocycles. The highest BCUT2D eigenvalue weighted by molar-refractivity contribution is 6.31. The van der Waals surface area contributed by atoms with Crippen molar-refractivity contribution in [1.29, 1.82) is 0 Å². The Balaban J connectivity index is 2.07. The van der Waals surface area contributed by atoms with E-state index >= 15 is 0 Å². The molecule has 88 valence electrons. The molecule has 0 amide bonds. The van der Waals surface area contributed by atoms with E-state index in [1.54, 1.807) is 12.1 Å². The highest BCUT2D eigenvalue weighted by atomic mass is 35.5. The van der Waals surface area contributed by atoms with Gasteiger partial charge in [0.15, 0.2) is 0 Å². The van der Waals surface area contributed by atoms with Crippen molar-refractivity contribution in [2.75, 3.05) is 5.73 Å². The Morgan fingerprint density at radius 2 is 1.88 bits per heavy atom. The molecule has 0 atom stereocenters. The number of halogens is 1. The van der Waals surface area contributed by atoms with Gasteiger partial charge in [0.25, 0.3) is 0 Å². The maximum atomic E-state index is 5.99. The fourth-order valence-corrected chi connectivity index (χ4v) is 1.55. The minimum Gasteiger partial charge on any atom is -0.487 e. The largest absolute Gasteiger partial charge is 0.487 e. The van der Waals surface area contributed by atoms with Gasteiger partial charge in [-0.1, -0.05) is 29.3 Å². The van der Waals surface area contributed by atoms with Gasteiger partial charge in [0.2, 0.25) is 0 Å². The van der Waals surface area contributed by atoms with Crippen LogP contribution in [0.25, 0.3) is 0 Å². The van der Waals surface area contributed by atoms with E-state index in [1.165, 1.54) is 5.56 Å². The van der Waals surface area contributed by atoms with Gasteiger partial charge in [-0.3, -0.25) is 0 Å². The van der Waals surface area contributed by atoms with E-state index in [9.17, 15) is 0 Å². The van der Waals surface area contributed by atoms with Gasteiger partial charge in [0.1, 0.15) is 18.2 Å². The molecular formula is C13H13ClN2O. The molecule has 4 heteroatoms. The summed E-state index contributed by atoms with van der Waals surface area (Å²) < 4.78 is 5.58. The summed E-state index contributed by atoms with van der Waals surface area (Å²) in [7, 11) is 0. The van der Waals surface area contributed by atoms with E-state index in [-0.39, 0.29) is 0 Å². The predicted molar refractivity (Wildman–Crippen MR) is 69.2 cm³/mol. The summed E-state index contributed by atoms with van der Waals surface area (Å²) in [6, 6.07) is 11.2. The molecule has 0 fully saturated rings. The Morgan fingerprint density at radius 3 is 2.59 bits per heavy atom. The van der Waals surface area contributed by atoms with Crippen molar-refractivity contribution < 1.29 is 4.74 Å². The van der Waals surface area contributed by atoms with Crippen molar-refractivity contribution in [3.8, 4) is 5.75 Å². The van der Waals surface area contributed by atoms with Gasteiger partial charge < -0.3 is 10.5 Å². The number of ether oxygens (including phenoxy) is 1. The van der Waals surface area contributed by atoms with Crippen LogP contribution < -0.4 is 10.5 Å². The zero-order valence-corrected chi connectivity index (χ0v) is 10.2. The smallest absolute Gasteiger partial charge is 0.132 e. The average Bonchev–Trinajstić information content (AvgIpc) is 2.32. The van der Waals surface area contributed by atoms with Crippen molar-refractivity contribution >= 4 is 17.4 Å². The Morgan fingerprint density at radius 1 is 1.18 bits per heavy atom. The van der Waals surface area contributed by atoms with Crippen molar-refractivity contribution in [2.45, 2.75) is 13.5 Å². The van der Waals surface area contributed by atoms with Crippen LogP contribution in [0.2, 0.25) is 5.02 Å². The molecule has 0 saturated heterocycles. The maximum absolute atomic E-state index is 5.99. The summed E-state index contributed by atoms with van der Waals surface area (Å²) in [5.74, 6) is 1.23. The van der Waals surface area contributed by atoms with Gasteiger partial charge in [0.05, 0.1) is 10.7 Å². The van der Waals surface area contributed by atoms with Crippen molar-refractivity contribution in [3.05, 3.63) is 52.7 Å². The van der Waals surface area contributed by atoms with Crippen molar-refractivity contribution in [1.82, 2.24) is 4.98 Å². The molecule has 17 heavy (non-hydrogen) atoms. The predicted octanol–water partition coefficient (Wildman–Crippen LogP) is 3.20. The van der Waals surface area contributed by atoms with E-state index in [1.807, 2.05) is 31.2 Å². The minimum absolute atomic E-state index is 0.312. The number of aryl methyl sites for hydroxylation is 1. The lowest BCUT2D eigenvalue weighted by molar-refractivity contribution is 0.301. The molecule has 0 spiro atoms. The Bertz CT molecular complexity index is 511. The van der Waals surface area contributed by atoms with Crippen LogP contribution in [0.3, 0.4) is 0 Å². The number of pyridine rings is 1. The first kappa shape index (κ1) is 11.7. The van der Waals surface area contributed by atoms with Crippen LogP contribution in [0.5, 0.6) is 5.75 Å². The molecule has 1 aromatic heterocycles. The van der Waals surface area contributed by atoms with Gasteiger partial charge in [-0.05, 0) is 31.2 Å². The normalized spacial score (nSPS) is 10.2. The molecule has 0 radical (unpaired) electrons. The lowest BCUT2D eigenvalue weighted by Gasteiger charge is -2.07. The molecule has 2 aromatic rings. The number of nitrogen functional groups attached to an aromatic ring is 1. The molecular weight excluding hydrogens is 236 g/mol. The van der Waals surface area contributed by atoms with E-state index in [4.69, 9.17) is 22.1 Å². The maximum Gasteiger partial charge on any atom is 0.132 e. The lowest BCUT2D eigenvalue weighted by Crippen LogP contribution is -2.01. The van der Waals surface area contributed by atoms with Gasteiger partial charge in [0, 0.05) is 0 Å². The molecule has 1 aromatic carbocycles. The third-order valence-corrected chi connectivity index (χ3v) is 2.68. The minimum atomic E-state index is 0.312. The van der Waals surface area contributed by atoms with Gasteiger partial charge in [-0.25, -0.2) is 4.98 Å². The monoisotopic (exact) mass is 248 g/mol. The van der Waals surface area contributed by atoms with Crippen LogP contribution in [-0.2, 0) is 6.61 Å². The summed E-state index contributed by atoms with van der Waals surface area (Å²) >= 11 is 5.99. The number of rotatable bonds is 3. The standard InChI is InChI=1S/C13H13ClN2O/c1-9-2-4-10(5-3-9)17-8-12-11(14)6-7-13(15)16-12/h2-7H,8H2,1H3,(H2,15,16). The lowest BCUT2D eigenvalue weighted by atomic mass is 10.2. The first-order valence-electron chi connectivity index (χ1n) is 5.25. The number of anilines is 1. The number of hydrogen-bond acceptors (Lipinski definition) is 3. The fourth-order valence-electron chi connectivity index (χ4n) is 1.39. The quantitative estimate of drug-likeness (QED) is 0.907. The first-order valence-corrected chi connectivity index (χ1v) is 5.63. The van der Waals surface area contributed by atoms with Crippen LogP contribution in [0, 0.1) is 6.92 Å². The molecule has 0 aliphatic heterocycles. The third kappa shape index (κ3) is 3.11. The molecule has 3 nitrogen and oxygen atoms in total. The number of benzene rings is 1. The summed E-state index contributed by atoms with van der Waals surface area (Å²) in [5, 5.41) is 0.561. The van der Waals surface area contributed by atoms with Gasteiger partial charge in [-0.15, -0.1) is 0 Å². The summed E-state index contributed by atoms with van der Waals surface area (Å²) in [6.07, 6.45) is 0. The number of aromatic nitrogens is 1. The van der Waals surface area contributed by atoms with E-state index in [2.05, 4.69) is 4.98 Å². The molecule has 2 N–H and O–H groups in total. The van der Waals surface area contributed by atoms with Crippen molar-refractivity contribution in [2.24, 2.45) is 0 Å². The molecule has 0 aliphatic carbocycles. The SMILES string of the molecule is Cc1ccc(OCc2nc(N)ccc2Cl)cc1. The van der Waals surface area contributed by atoms with Crippen LogP contribution in [0.4, 0.5) is 5.82 Å². The second kappa shape index (κ2) is 5.06. The fraction of sp³-hybridized carbons (Fsp3) is 0.154. The Labute approximate surface area is 105 Å². The van der Waals surface area contributed by atoms with Gasteiger partial charge in [-0.2, -0.15) is 0 Å². The summed E-state index contributed by atoms with van der Waals surface area (Å²) in [4.78, 5) is 4.13. The van der Waals surface area contributed by atoms with E-state index in [0.717, 1.165) is 5.75 Å². The van der Waals surface area contributed by atoms with Crippen molar-refractivity contribution in [3.63, 3.8) is 0 Å². The first-order chi connectivity index (χ1) is 8.15. The second-order valence-electron chi connectivity index (χ2n) is 3.77. The average molecular weight is 249 g/mol. The molecule has 0 saturated carbocycles. The molecule has 0 bridgehead atoms. The van der Waals surface area contributed by atoms with Crippen LogP contribution >= 0.6 is 11.6 Å². The summed E-state index contributed by atoms with van der Waals surface area (Å²) in [6.45, 7) is 2.34. The molecule has 0 unspecified atom stereocenters. The van der Waals surface area contributed by atoms with Gasteiger partial charge >= 0.3 is 0 Å². The second-order valence-corrected chi connectivity index (χ2v) is 4.17. The van der Waals surface area contributed by atoms with Crippen LogP contribution in [0.1, 0.15) is 11.3 Å². The van der Waals surface area contributed by atoms with E-state index in [0.29, 0.717) is 23.1 Å². The highest BCUT2D eigenvalue weighted by Gasteiger charge is 2.03. The number of nitrogens with zero attached hydrogens (tertiary/aromatic N) is 1. The Hall–Kier alpha value is -1.74. The zero-order chi connectivity index (χ0) is 12.3. The topological polar surface area (TPSA) is 48.1 Å².